The van der Waals surface area contributed by atoms with Crippen molar-refractivity contribution in [1.29, 1.82) is 0 Å². The second-order valence-corrected chi connectivity index (χ2v) is 2.71. The molecule has 3 heteroatoms. The molecule has 2 rings (SSSR count). The molecule has 3 nitrogen and oxygen atoms in total. The minimum atomic E-state index is 0.811. The average molecular weight is 162 g/mol. The van der Waals surface area contributed by atoms with Gasteiger partial charge in [0.1, 0.15) is 5.75 Å². The lowest BCUT2D eigenvalue weighted by Crippen LogP contribution is -1.96. The maximum Gasteiger partial charge on any atom is 0.154 e. The van der Waals surface area contributed by atoms with E-state index in [0.29, 0.717) is 0 Å². The first-order valence-corrected chi connectivity index (χ1v) is 3.95. The van der Waals surface area contributed by atoms with E-state index in [4.69, 9.17) is 4.74 Å². The minimum absolute atomic E-state index is 0.811. The van der Waals surface area contributed by atoms with Crippen molar-refractivity contribution in [3.63, 3.8) is 0 Å². The van der Waals surface area contributed by atoms with Crippen LogP contribution in [0.15, 0.2) is 17.3 Å². The van der Waals surface area contributed by atoms with Crippen molar-refractivity contribution in [2.45, 2.75) is 12.8 Å². The van der Waals surface area contributed by atoms with Crippen LogP contribution in [0, 0.1) is 0 Å². The molecular formula is C9H10N2O. The number of aryl methyl sites for hydroxylation is 1. The van der Waals surface area contributed by atoms with Gasteiger partial charge in [0.25, 0.3) is 0 Å². The summed E-state index contributed by atoms with van der Waals surface area (Å²) in [5.41, 5.74) is 1.18. The van der Waals surface area contributed by atoms with E-state index < -0.39 is 0 Å². The lowest BCUT2D eigenvalue weighted by molar-refractivity contribution is 0.412. The molecular weight excluding hydrogens is 152 g/mol. The fraction of sp³-hybridized carbons (Fsp3) is 0.333. The Labute approximate surface area is 71.1 Å². The number of aliphatic imine (C=N–C) groups is 1. The molecule has 0 aliphatic carbocycles. The van der Waals surface area contributed by atoms with Crippen LogP contribution in [0.4, 0.5) is 5.82 Å². The Morgan fingerprint density at radius 3 is 3.25 bits per heavy atom. The molecule has 2 heterocycles. The van der Waals surface area contributed by atoms with Crippen LogP contribution in [0.1, 0.15) is 12.0 Å². The Hall–Kier alpha value is -1.38. The summed E-state index contributed by atoms with van der Waals surface area (Å²) in [5, 5.41) is 0. The van der Waals surface area contributed by atoms with Crippen molar-refractivity contribution in [3.05, 3.63) is 17.8 Å². The van der Waals surface area contributed by atoms with E-state index in [0.717, 1.165) is 24.4 Å². The van der Waals surface area contributed by atoms with Gasteiger partial charge >= 0.3 is 0 Å². The SMILES string of the molecule is COc1cnc2c(c1)CCC=N2. The molecule has 0 saturated heterocycles. The average Bonchev–Trinajstić information content (AvgIpc) is 2.17. The normalized spacial score (nSPS) is 14.1. The molecule has 1 aliphatic rings. The van der Waals surface area contributed by atoms with Gasteiger partial charge in [-0.15, -0.1) is 0 Å². The Morgan fingerprint density at radius 2 is 2.42 bits per heavy atom. The second-order valence-electron chi connectivity index (χ2n) is 2.71. The summed E-state index contributed by atoms with van der Waals surface area (Å²) in [6.45, 7) is 0. The molecule has 0 radical (unpaired) electrons. The van der Waals surface area contributed by atoms with Crippen molar-refractivity contribution in [1.82, 2.24) is 4.98 Å². The third-order valence-corrected chi connectivity index (χ3v) is 1.91. The zero-order valence-electron chi connectivity index (χ0n) is 6.95. The largest absolute Gasteiger partial charge is 0.495 e. The molecule has 1 aromatic rings. The van der Waals surface area contributed by atoms with E-state index in [2.05, 4.69) is 9.98 Å². The highest BCUT2D eigenvalue weighted by Gasteiger charge is 2.07. The van der Waals surface area contributed by atoms with Crippen LogP contribution in [0.2, 0.25) is 0 Å². The van der Waals surface area contributed by atoms with Crippen molar-refractivity contribution < 1.29 is 4.74 Å². The first-order valence-electron chi connectivity index (χ1n) is 3.95. The molecule has 1 aliphatic heterocycles. The zero-order chi connectivity index (χ0) is 8.39. The monoisotopic (exact) mass is 162 g/mol. The highest BCUT2D eigenvalue weighted by molar-refractivity contribution is 5.67. The standard InChI is InChI=1S/C9H10N2O/c1-12-8-5-7-3-2-4-10-9(7)11-6-8/h4-6H,2-3H2,1H3. The molecule has 0 saturated carbocycles. The fourth-order valence-corrected chi connectivity index (χ4v) is 1.26. The number of hydrogen-bond donors (Lipinski definition) is 0. The van der Waals surface area contributed by atoms with Gasteiger partial charge in [-0.05, 0) is 18.9 Å². The van der Waals surface area contributed by atoms with Gasteiger partial charge in [-0.3, -0.25) is 0 Å². The molecule has 1 aromatic heterocycles. The second kappa shape index (κ2) is 2.93. The van der Waals surface area contributed by atoms with Crippen LogP contribution in [0.3, 0.4) is 0 Å². The van der Waals surface area contributed by atoms with Crippen LogP contribution in [0.5, 0.6) is 5.75 Å². The first kappa shape index (κ1) is 7.28. The van der Waals surface area contributed by atoms with E-state index in [1.165, 1.54) is 5.56 Å². The summed E-state index contributed by atoms with van der Waals surface area (Å²) in [6, 6.07) is 2.00. The van der Waals surface area contributed by atoms with Gasteiger partial charge in [0, 0.05) is 11.8 Å². The van der Waals surface area contributed by atoms with Gasteiger partial charge in [-0.1, -0.05) is 0 Å². The molecule has 12 heavy (non-hydrogen) atoms. The Morgan fingerprint density at radius 1 is 1.50 bits per heavy atom. The van der Waals surface area contributed by atoms with E-state index in [1.54, 1.807) is 13.3 Å². The molecule has 0 unspecified atom stereocenters. The topological polar surface area (TPSA) is 34.5 Å². The van der Waals surface area contributed by atoms with Crippen LogP contribution in [0.25, 0.3) is 0 Å². The highest BCUT2D eigenvalue weighted by Crippen LogP contribution is 2.24. The van der Waals surface area contributed by atoms with Crippen molar-refractivity contribution in [3.8, 4) is 5.75 Å². The lowest BCUT2D eigenvalue weighted by atomic mass is 10.1. The lowest BCUT2D eigenvalue weighted by Gasteiger charge is -2.09. The number of fused-ring (bicyclic) bond motifs is 1. The first-order chi connectivity index (χ1) is 5.90. The van der Waals surface area contributed by atoms with Crippen LogP contribution >= 0.6 is 0 Å². The summed E-state index contributed by atoms with van der Waals surface area (Å²) in [6.07, 6.45) is 5.62. The molecule has 62 valence electrons. The quantitative estimate of drug-likeness (QED) is 0.630. The van der Waals surface area contributed by atoms with E-state index >= 15 is 0 Å². The maximum absolute atomic E-state index is 5.07. The number of rotatable bonds is 1. The molecule has 0 bridgehead atoms. The molecule has 0 N–H and O–H groups in total. The molecule has 0 aromatic carbocycles. The third kappa shape index (κ3) is 1.18. The van der Waals surface area contributed by atoms with E-state index in [9.17, 15) is 0 Å². The number of pyridine rings is 1. The van der Waals surface area contributed by atoms with Crippen LogP contribution in [-0.2, 0) is 6.42 Å². The van der Waals surface area contributed by atoms with Gasteiger partial charge in [-0.2, -0.15) is 0 Å². The number of hydrogen-bond acceptors (Lipinski definition) is 3. The number of ether oxygens (including phenoxy) is 1. The minimum Gasteiger partial charge on any atom is -0.495 e. The summed E-state index contributed by atoms with van der Waals surface area (Å²) in [5.74, 6) is 1.65. The van der Waals surface area contributed by atoms with Crippen LogP contribution in [-0.4, -0.2) is 18.3 Å². The fourth-order valence-electron chi connectivity index (χ4n) is 1.26. The Kier molecular flexibility index (Phi) is 1.78. The maximum atomic E-state index is 5.07. The summed E-state index contributed by atoms with van der Waals surface area (Å²) >= 11 is 0. The van der Waals surface area contributed by atoms with Gasteiger partial charge < -0.3 is 4.74 Å². The number of aromatic nitrogens is 1. The number of methoxy groups -OCH3 is 1. The molecule has 0 amide bonds. The van der Waals surface area contributed by atoms with Gasteiger partial charge in [0.2, 0.25) is 0 Å². The van der Waals surface area contributed by atoms with Crippen molar-refractivity contribution >= 4 is 12.0 Å². The van der Waals surface area contributed by atoms with Crippen LogP contribution < -0.4 is 4.74 Å². The predicted molar refractivity (Wildman–Crippen MR) is 47.3 cm³/mol. The van der Waals surface area contributed by atoms with Crippen molar-refractivity contribution in [2.24, 2.45) is 4.99 Å². The van der Waals surface area contributed by atoms with E-state index in [-0.39, 0.29) is 0 Å². The molecule has 0 atom stereocenters. The van der Waals surface area contributed by atoms with Crippen molar-refractivity contribution in [2.75, 3.05) is 7.11 Å². The van der Waals surface area contributed by atoms with Gasteiger partial charge in [0.05, 0.1) is 13.3 Å². The Balaban J connectivity index is 2.44. The number of nitrogens with zero attached hydrogens (tertiary/aromatic N) is 2. The Bertz CT molecular complexity index is 320. The van der Waals surface area contributed by atoms with Gasteiger partial charge in [0.15, 0.2) is 5.82 Å². The summed E-state index contributed by atoms with van der Waals surface area (Å²) in [7, 11) is 1.65. The van der Waals surface area contributed by atoms with E-state index in [1.807, 2.05) is 12.3 Å². The highest BCUT2D eigenvalue weighted by atomic mass is 16.5. The third-order valence-electron chi connectivity index (χ3n) is 1.91. The summed E-state index contributed by atoms with van der Waals surface area (Å²) < 4.78 is 5.07. The predicted octanol–water partition coefficient (Wildman–Crippen LogP) is 1.74. The smallest absolute Gasteiger partial charge is 0.154 e. The summed E-state index contributed by atoms with van der Waals surface area (Å²) in [4.78, 5) is 8.34. The molecule has 0 fully saturated rings. The van der Waals surface area contributed by atoms with Gasteiger partial charge in [-0.25, -0.2) is 9.98 Å². The molecule has 0 spiro atoms. The zero-order valence-corrected chi connectivity index (χ0v) is 6.95.